The average Bonchev–Trinajstić information content (AvgIpc) is 2.15. The van der Waals surface area contributed by atoms with E-state index in [9.17, 15) is 5.11 Å². The highest BCUT2D eigenvalue weighted by Gasteiger charge is 2.10. The van der Waals surface area contributed by atoms with E-state index in [4.69, 9.17) is 45.3 Å². The lowest BCUT2D eigenvalue weighted by Gasteiger charge is -2.12. The molecule has 1 atom stereocenters. The zero-order valence-corrected chi connectivity index (χ0v) is 9.98. The minimum absolute atomic E-state index is 0.0393. The monoisotopic (exact) mass is 269 g/mol. The van der Waals surface area contributed by atoms with Crippen LogP contribution in [0, 0.1) is 0 Å². The summed E-state index contributed by atoms with van der Waals surface area (Å²) in [4.78, 5) is 0. The summed E-state index contributed by atoms with van der Waals surface area (Å²) >= 11 is 17.4. The number of benzene rings is 1. The number of halogens is 3. The SMILES string of the molecule is NC[C@H](O)COc1c(Cl)cc(Cl)cc1Cl. The van der Waals surface area contributed by atoms with E-state index in [0.29, 0.717) is 20.8 Å². The summed E-state index contributed by atoms with van der Waals surface area (Å²) in [7, 11) is 0. The van der Waals surface area contributed by atoms with E-state index in [1.165, 1.54) is 12.1 Å². The average molecular weight is 271 g/mol. The molecule has 0 saturated carbocycles. The highest BCUT2D eigenvalue weighted by atomic mass is 35.5. The molecule has 0 aliphatic carbocycles. The molecule has 3 nitrogen and oxygen atoms in total. The van der Waals surface area contributed by atoms with Gasteiger partial charge in [-0.1, -0.05) is 34.8 Å². The number of rotatable bonds is 4. The van der Waals surface area contributed by atoms with Gasteiger partial charge < -0.3 is 15.6 Å². The maximum Gasteiger partial charge on any atom is 0.156 e. The van der Waals surface area contributed by atoms with E-state index in [-0.39, 0.29) is 13.2 Å². The van der Waals surface area contributed by atoms with Crippen LogP contribution in [0.1, 0.15) is 0 Å². The van der Waals surface area contributed by atoms with Gasteiger partial charge >= 0.3 is 0 Å². The Balaban J connectivity index is 2.77. The molecule has 0 amide bonds. The predicted molar refractivity (Wildman–Crippen MR) is 62.0 cm³/mol. The Kier molecular flexibility index (Phi) is 4.96. The first-order valence-corrected chi connectivity index (χ1v) is 5.33. The molecule has 0 aromatic heterocycles. The van der Waals surface area contributed by atoms with Gasteiger partial charge in [-0.3, -0.25) is 0 Å². The number of aliphatic hydroxyl groups is 1. The van der Waals surface area contributed by atoms with Gasteiger partial charge in [0.2, 0.25) is 0 Å². The fourth-order valence-electron chi connectivity index (χ4n) is 0.914. The van der Waals surface area contributed by atoms with E-state index >= 15 is 0 Å². The van der Waals surface area contributed by atoms with E-state index in [1.54, 1.807) is 0 Å². The maximum atomic E-state index is 9.19. The smallest absolute Gasteiger partial charge is 0.156 e. The molecule has 0 spiro atoms. The van der Waals surface area contributed by atoms with Crippen LogP contribution in [0.3, 0.4) is 0 Å². The second kappa shape index (κ2) is 5.77. The summed E-state index contributed by atoms with van der Waals surface area (Å²) in [6.07, 6.45) is -0.743. The van der Waals surface area contributed by atoms with Crippen LogP contribution < -0.4 is 10.5 Å². The second-order valence-corrected chi connectivity index (χ2v) is 4.15. The van der Waals surface area contributed by atoms with Gasteiger partial charge in [-0.25, -0.2) is 0 Å². The molecule has 0 bridgehead atoms. The van der Waals surface area contributed by atoms with Crippen molar-refractivity contribution < 1.29 is 9.84 Å². The first kappa shape index (κ1) is 12.9. The quantitative estimate of drug-likeness (QED) is 0.883. The summed E-state index contributed by atoms with van der Waals surface area (Å²) in [6.45, 7) is 0.153. The van der Waals surface area contributed by atoms with Crippen molar-refractivity contribution in [2.24, 2.45) is 5.73 Å². The number of hydrogen-bond donors (Lipinski definition) is 2. The molecule has 1 rings (SSSR count). The molecule has 6 heteroatoms. The van der Waals surface area contributed by atoms with Gasteiger partial charge in [-0.2, -0.15) is 0 Å². The van der Waals surface area contributed by atoms with Gasteiger partial charge in [0.25, 0.3) is 0 Å². The van der Waals surface area contributed by atoms with Crippen LogP contribution in [0.25, 0.3) is 0 Å². The van der Waals surface area contributed by atoms with Crippen molar-refractivity contribution in [2.75, 3.05) is 13.2 Å². The van der Waals surface area contributed by atoms with Crippen LogP contribution in [-0.2, 0) is 0 Å². The lowest BCUT2D eigenvalue weighted by atomic mass is 10.3. The summed E-state index contributed by atoms with van der Waals surface area (Å²) in [5.41, 5.74) is 5.22. The van der Waals surface area contributed by atoms with Crippen LogP contribution in [0.5, 0.6) is 5.75 Å². The molecule has 0 saturated heterocycles. The first-order chi connectivity index (χ1) is 7.04. The largest absolute Gasteiger partial charge is 0.488 e. The van der Waals surface area contributed by atoms with Crippen molar-refractivity contribution in [3.05, 3.63) is 27.2 Å². The fraction of sp³-hybridized carbons (Fsp3) is 0.333. The first-order valence-electron chi connectivity index (χ1n) is 4.20. The maximum absolute atomic E-state index is 9.19. The van der Waals surface area contributed by atoms with Crippen molar-refractivity contribution in [1.82, 2.24) is 0 Å². The van der Waals surface area contributed by atoms with Gasteiger partial charge in [-0.15, -0.1) is 0 Å². The third-order valence-electron chi connectivity index (χ3n) is 1.66. The zero-order valence-electron chi connectivity index (χ0n) is 7.71. The normalized spacial score (nSPS) is 12.6. The molecule has 1 aromatic rings. The van der Waals surface area contributed by atoms with Crippen LogP contribution in [0.2, 0.25) is 15.1 Å². The molecule has 15 heavy (non-hydrogen) atoms. The molecular weight excluding hydrogens is 260 g/mol. The summed E-state index contributed by atoms with van der Waals surface area (Å²) in [6, 6.07) is 3.03. The molecule has 1 aromatic carbocycles. The van der Waals surface area contributed by atoms with Crippen molar-refractivity contribution in [3.63, 3.8) is 0 Å². The van der Waals surface area contributed by atoms with E-state index in [0.717, 1.165) is 0 Å². The van der Waals surface area contributed by atoms with Crippen molar-refractivity contribution in [2.45, 2.75) is 6.10 Å². The van der Waals surface area contributed by atoms with Crippen molar-refractivity contribution in [3.8, 4) is 5.75 Å². The third-order valence-corrected chi connectivity index (χ3v) is 2.43. The molecule has 0 heterocycles. The molecular formula is C9H10Cl3NO2. The molecule has 0 aliphatic rings. The number of hydrogen-bond acceptors (Lipinski definition) is 3. The Hall–Kier alpha value is -0.190. The van der Waals surface area contributed by atoms with Gasteiger partial charge in [0.1, 0.15) is 12.7 Å². The summed E-state index contributed by atoms with van der Waals surface area (Å²) < 4.78 is 5.22. The van der Waals surface area contributed by atoms with Crippen molar-refractivity contribution >= 4 is 34.8 Å². The molecule has 84 valence electrons. The highest BCUT2D eigenvalue weighted by Crippen LogP contribution is 2.35. The lowest BCUT2D eigenvalue weighted by Crippen LogP contribution is -2.26. The molecule has 0 fully saturated rings. The van der Waals surface area contributed by atoms with Gasteiger partial charge in [-0.05, 0) is 12.1 Å². The van der Waals surface area contributed by atoms with Gasteiger partial charge in [0, 0.05) is 11.6 Å². The van der Waals surface area contributed by atoms with E-state index in [2.05, 4.69) is 0 Å². The lowest BCUT2D eigenvalue weighted by molar-refractivity contribution is 0.114. The van der Waals surface area contributed by atoms with Crippen LogP contribution in [0.15, 0.2) is 12.1 Å². The van der Waals surface area contributed by atoms with E-state index < -0.39 is 6.10 Å². The minimum Gasteiger partial charge on any atom is -0.488 e. The number of ether oxygens (including phenoxy) is 1. The molecule has 0 radical (unpaired) electrons. The van der Waals surface area contributed by atoms with Crippen LogP contribution >= 0.6 is 34.8 Å². The zero-order chi connectivity index (χ0) is 11.4. The van der Waals surface area contributed by atoms with Crippen LogP contribution in [0.4, 0.5) is 0 Å². The third kappa shape index (κ3) is 3.70. The molecule has 0 aliphatic heterocycles. The molecule has 3 N–H and O–H groups in total. The number of nitrogens with two attached hydrogens (primary N) is 1. The number of aliphatic hydroxyl groups excluding tert-OH is 1. The topological polar surface area (TPSA) is 55.5 Å². The second-order valence-electron chi connectivity index (χ2n) is 2.90. The summed E-state index contributed by atoms with van der Waals surface area (Å²) in [5, 5.41) is 10.2. The fourth-order valence-corrected chi connectivity index (χ4v) is 1.84. The Bertz CT molecular complexity index is 323. The Morgan fingerprint density at radius 3 is 2.27 bits per heavy atom. The van der Waals surface area contributed by atoms with Gasteiger partial charge in [0.05, 0.1) is 10.0 Å². The standard InChI is InChI=1S/C9H10Cl3NO2/c10-5-1-7(11)9(8(12)2-5)15-4-6(14)3-13/h1-2,6,14H,3-4,13H2/t6-/m0/s1. The van der Waals surface area contributed by atoms with Gasteiger partial charge in [0.15, 0.2) is 5.75 Å². The molecule has 0 unspecified atom stereocenters. The highest BCUT2D eigenvalue weighted by molar-refractivity contribution is 6.40. The van der Waals surface area contributed by atoms with Crippen LogP contribution in [-0.4, -0.2) is 24.4 Å². The summed E-state index contributed by atoms with van der Waals surface area (Å²) in [5.74, 6) is 0.301. The Labute approximate surface area is 103 Å². The minimum atomic E-state index is -0.743. The van der Waals surface area contributed by atoms with Crippen molar-refractivity contribution in [1.29, 1.82) is 0 Å². The predicted octanol–water partition coefficient (Wildman–Crippen LogP) is 2.35. The Morgan fingerprint density at radius 2 is 1.80 bits per heavy atom. The van der Waals surface area contributed by atoms with E-state index in [1.807, 2.05) is 0 Å². The Morgan fingerprint density at radius 1 is 1.27 bits per heavy atom.